The summed E-state index contributed by atoms with van der Waals surface area (Å²) in [6.45, 7) is 2.29. The number of hydrogen-bond donors (Lipinski definition) is 0. The quantitative estimate of drug-likeness (QED) is 0.580. The number of benzene rings is 2. The summed E-state index contributed by atoms with van der Waals surface area (Å²) in [5.41, 5.74) is 2.80. The number of halogens is 1. The first-order chi connectivity index (χ1) is 12.2. The zero-order valence-electron chi connectivity index (χ0n) is 14.7. The summed E-state index contributed by atoms with van der Waals surface area (Å²) >= 11 is 0. The van der Waals surface area contributed by atoms with E-state index in [1.807, 2.05) is 24.3 Å². The molecule has 3 rings (SSSR count). The summed E-state index contributed by atoms with van der Waals surface area (Å²) in [7, 11) is 0. The average Bonchev–Trinajstić information content (AvgIpc) is 2.67. The van der Waals surface area contributed by atoms with E-state index in [2.05, 4.69) is 30.6 Å². The highest BCUT2D eigenvalue weighted by Crippen LogP contribution is 2.30. The standard InChI is InChI=1S/C24H23F/c1-2-19-3-5-20(6-4-19)7-8-21-9-11-22(12-10-21)13-14-23-15-17-24(25)18-16-23/h9-12,15-20H,2-6H2,1H3. The van der Waals surface area contributed by atoms with Crippen LogP contribution >= 0.6 is 0 Å². The highest BCUT2D eigenvalue weighted by molar-refractivity contribution is 5.45. The molecule has 0 spiro atoms. The first-order valence-electron chi connectivity index (χ1n) is 9.12. The maximum Gasteiger partial charge on any atom is 0.123 e. The Morgan fingerprint density at radius 3 is 1.76 bits per heavy atom. The predicted molar refractivity (Wildman–Crippen MR) is 101 cm³/mol. The molecular weight excluding hydrogens is 307 g/mol. The van der Waals surface area contributed by atoms with E-state index in [1.54, 1.807) is 12.1 Å². The molecule has 1 aliphatic rings. The maximum absolute atomic E-state index is 12.9. The van der Waals surface area contributed by atoms with Crippen molar-refractivity contribution >= 4 is 0 Å². The molecule has 0 nitrogen and oxygen atoms in total. The fourth-order valence-electron chi connectivity index (χ4n) is 3.21. The zero-order valence-corrected chi connectivity index (χ0v) is 14.7. The van der Waals surface area contributed by atoms with E-state index in [4.69, 9.17) is 0 Å². The van der Waals surface area contributed by atoms with E-state index in [0.717, 1.165) is 22.6 Å². The molecule has 0 atom stereocenters. The second kappa shape index (κ2) is 8.55. The molecule has 1 saturated carbocycles. The van der Waals surface area contributed by atoms with Gasteiger partial charge in [-0.05, 0) is 80.1 Å². The third kappa shape index (κ3) is 5.23. The van der Waals surface area contributed by atoms with Gasteiger partial charge in [0.15, 0.2) is 0 Å². The molecule has 0 bridgehead atoms. The van der Waals surface area contributed by atoms with Gasteiger partial charge in [-0.2, -0.15) is 0 Å². The van der Waals surface area contributed by atoms with Crippen LogP contribution in [0.2, 0.25) is 0 Å². The Balaban J connectivity index is 1.60. The van der Waals surface area contributed by atoms with Crippen LogP contribution in [-0.4, -0.2) is 0 Å². The first-order valence-corrected chi connectivity index (χ1v) is 9.12. The van der Waals surface area contributed by atoms with Gasteiger partial charge in [-0.1, -0.05) is 37.0 Å². The highest BCUT2D eigenvalue weighted by Gasteiger charge is 2.17. The molecule has 2 aromatic rings. The number of rotatable bonds is 1. The first kappa shape index (κ1) is 17.3. The molecule has 0 amide bonds. The van der Waals surface area contributed by atoms with Crippen molar-refractivity contribution in [2.45, 2.75) is 39.0 Å². The molecule has 0 aromatic heterocycles. The summed E-state index contributed by atoms with van der Waals surface area (Å²) in [6.07, 6.45) is 6.45. The molecule has 1 heteroatoms. The number of hydrogen-bond acceptors (Lipinski definition) is 0. The summed E-state index contributed by atoms with van der Waals surface area (Å²) < 4.78 is 12.9. The minimum Gasteiger partial charge on any atom is -0.207 e. The van der Waals surface area contributed by atoms with Gasteiger partial charge in [0, 0.05) is 22.6 Å². The highest BCUT2D eigenvalue weighted by atomic mass is 19.1. The van der Waals surface area contributed by atoms with Crippen LogP contribution in [-0.2, 0) is 0 Å². The lowest BCUT2D eigenvalue weighted by atomic mass is 9.81. The third-order valence-electron chi connectivity index (χ3n) is 4.93. The molecule has 0 saturated heterocycles. The lowest BCUT2D eigenvalue weighted by Gasteiger charge is -2.24. The van der Waals surface area contributed by atoms with E-state index >= 15 is 0 Å². The fourth-order valence-corrected chi connectivity index (χ4v) is 3.21. The lowest BCUT2D eigenvalue weighted by molar-refractivity contribution is 0.309. The van der Waals surface area contributed by atoms with E-state index in [-0.39, 0.29) is 5.82 Å². The molecule has 1 fully saturated rings. The summed E-state index contributed by atoms with van der Waals surface area (Å²) in [6, 6.07) is 14.3. The van der Waals surface area contributed by atoms with Gasteiger partial charge in [0.25, 0.3) is 0 Å². The zero-order chi connectivity index (χ0) is 17.5. The van der Waals surface area contributed by atoms with E-state index in [9.17, 15) is 4.39 Å². The van der Waals surface area contributed by atoms with Crippen molar-refractivity contribution in [1.29, 1.82) is 0 Å². The predicted octanol–water partition coefficient (Wildman–Crippen LogP) is 5.79. The van der Waals surface area contributed by atoms with Crippen molar-refractivity contribution in [3.05, 3.63) is 71.0 Å². The van der Waals surface area contributed by atoms with Gasteiger partial charge in [-0.3, -0.25) is 0 Å². The van der Waals surface area contributed by atoms with Gasteiger partial charge < -0.3 is 0 Å². The van der Waals surface area contributed by atoms with Crippen LogP contribution in [0.1, 0.15) is 55.7 Å². The van der Waals surface area contributed by atoms with Gasteiger partial charge >= 0.3 is 0 Å². The Morgan fingerprint density at radius 2 is 1.24 bits per heavy atom. The van der Waals surface area contributed by atoms with Crippen molar-refractivity contribution in [3.63, 3.8) is 0 Å². The Morgan fingerprint density at radius 1 is 0.760 bits per heavy atom. The summed E-state index contributed by atoms with van der Waals surface area (Å²) in [4.78, 5) is 0. The van der Waals surface area contributed by atoms with Crippen molar-refractivity contribution in [2.24, 2.45) is 11.8 Å². The van der Waals surface area contributed by atoms with Crippen LogP contribution in [0.25, 0.3) is 0 Å². The van der Waals surface area contributed by atoms with Gasteiger partial charge in [0.2, 0.25) is 0 Å². The van der Waals surface area contributed by atoms with Crippen LogP contribution in [0.3, 0.4) is 0 Å². The molecule has 25 heavy (non-hydrogen) atoms. The third-order valence-corrected chi connectivity index (χ3v) is 4.93. The molecule has 1 aliphatic carbocycles. The molecule has 0 heterocycles. The fraction of sp³-hybridized carbons (Fsp3) is 0.333. The van der Waals surface area contributed by atoms with Crippen LogP contribution < -0.4 is 0 Å². The summed E-state index contributed by atoms with van der Waals surface area (Å²) in [5, 5.41) is 0. The maximum atomic E-state index is 12.9. The molecule has 2 aromatic carbocycles. The minimum absolute atomic E-state index is 0.239. The Kier molecular flexibility index (Phi) is 5.92. The van der Waals surface area contributed by atoms with Crippen LogP contribution in [0, 0.1) is 41.3 Å². The average molecular weight is 330 g/mol. The van der Waals surface area contributed by atoms with E-state index in [0.29, 0.717) is 5.92 Å². The smallest absolute Gasteiger partial charge is 0.123 e. The van der Waals surface area contributed by atoms with Gasteiger partial charge in [0.05, 0.1) is 0 Å². The molecule has 0 radical (unpaired) electrons. The van der Waals surface area contributed by atoms with Crippen LogP contribution in [0.15, 0.2) is 48.5 Å². The molecular formula is C24H23F. The lowest BCUT2D eigenvalue weighted by Crippen LogP contribution is -2.12. The van der Waals surface area contributed by atoms with Crippen LogP contribution in [0.5, 0.6) is 0 Å². The SMILES string of the molecule is CCC1CCC(C#Cc2ccc(C#Cc3ccc(F)cc3)cc2)CC1. The van der Waals surface area contributed by atoms with Gasteiger partial charge in [0.1, 0.15) is 5.82 Å². The normalized spacial score (nSPS) is 19.3. The topological polar surface area (TPSA) is 0 Å². The molecule has 0 unspecified atom stereocenters. The minimum atomic E-state index is -0.239. The molecule has 126 valence electrons. The Labute approximate surface area is 150 Å². The Bertz CT molecular complexity index is 799. The molecule has 0 N–H and O–H groups in total. The van der Waals surface area contributed by atoms with Crippen molar-refractivity contribution in [2.75, 3.05) is 0 Å². The van der Waals surface area contributed by atoms with E-state index < -0.39 is 0 Å². The van der Waals surface area contributed by atoms with Crippen molar-refractivity contribution in [3.8, 4) is 23.7 Å². The Hall–Kier alpha value is -2.51. The van der Waals surface area contributed by atoms with Gasteiger partial charge in [-0.15, -0.1) is 0 Å². The monoisotopic (exact) mass is 330 g/mol. The van der Waals surface area contributed by atoms with Gasteiger partial charge in [-0.25, -0.2) is 4.39 Å². The van der Waals surface area contributed by atoms with Crippen LogP contribution in [0.4, 0.5) is 4.39 Å². The van der Waals surface area contributed by atoms with Crippen molar-refractivity contribution in [1.82, 2.24) is 0 Å². The molecule has 0 aliphatic heterocycles. The summed E-state index contributed by atoms with van der Waals surface area (Å²) in [5.74, 6) is 14.1. The van der Waals surface area contributed by atoms with E-state index in [1.165, 1.54) is 44.2 Å². The second-order valence-electron chi connectivity index (χ2n) is 6.73. The van der Waals surface area contributed by atoms with Crippen molar-refractivity contribution < 1.29 is 4.39 Å². The largest absolute Gasteiger partial charge is 0.207 e. The second-order valence-corrected chi connectivity index (χ2v) is 6.73.